The molecule has 0 radical (unpaired) electrons. The maximum atomic E-state index is 11.3. The molecule has 1 saturated heterocycles. The van der Waals surface area contributed by atoms with Crippen molar-refractivity contribution in [3.8, 4) is 5.75 Å². The van der Waals surface area contributed by atoms with Crippen molar-refractivity contribution in [3.63, 3.8) is 0 Å². The number of para-hydroxylation sites is 1. The highest BCUT2D eigenvalue weighted by Gasteiger charge is 2.21. The summed E-state index contributed by atoms with van der Waals surface area (Å²) in [6.45, 7) is 1.24. The normalized spacial score (nSPS) is 22.9. The Bertz CT molecular complexity index is 453. The quantitative estimate of drug-likeness (QED) is 0.835. The predicted molar refractivity (Wildman–Crippen MR) is 69.9 cm³/mol. The van der Waals surface area contributed by atoms with Gasteiger partial charge in [0.05, 0.1) is 5.69 Å². The van der Waals surface area contributed by atoms with E-state index in [1.165, 1.54) is 24.8 Å². The zero-order valence-corrected chi connectivity index (χ0v) is 10.4. The molecule has 96 valence electrons. The predicted octanol–water partition coefficient (Wildman–Crippen LogP) is 1.70. The second kappa shape index (κ2) is 4.98. The number of carbonyl (C=O) groups is 1. The molecule has 2 aliphatic heterocycles. The molecule has 1 fully saturated rings. The summed E-state index contributed by atoms with van der Waals surface area (Å²) in [5.74, 6) is 0.778. The number of nitrogens with one attached hydrogen (secondary N) is 2. The molecular formula is C14H18N2O2. The van der Waals surface area contributed by atoms with Crippen LogP contribution < -0.4 is 15.4 Å². The van der Waals surface area contributed by atoms with Crippen molar-refractivity contribution in [1.29, 1.82) is 0 Å². The van der Waals surface area contributed by atoms with Crippen LogP contribution in [0.3, 0.4) is 0 Å². The van der Waals surface area contributed by atoms with Crippen LogP contribution in [0.15, 0.2) is 18.2 Å². The number of rotatable bonds is 2. The second-order valence-corrected chi connectivity index (χ2v) is 4.98. The minimum atomic E-state index is -0.0737. The van der Waals surface area contributed by atoms with Gasteiger partial charge < -0.3 is 15.4 Å². The van der Waals surface area contributed by atoms with Crippen LogP contribution in [0.1, 0.15) is 24.8 Å². The average molecular weight is 246 g/mol. The number of hydrogen-bond acceptors (Lipinski definition) is 3. The van der Waals surface area contributed by atoms with Crippen molar-refractivity contribution in [2.75, 3.05) is 18.5 Å². The van der Waals surface area contributed by atoms with Gasteiger partial charge in [0.25, 0.3) is 5.91 Å². The topological polar surface area (TPSA) is 50.4 Å². The zero-order valence-electron chi connectivity index (χ0n) is 10.4. The Labute approximate surface area is 107 Å². The molecule has 0 aliphatic carbocycles. The summed E-state index contributed by atoms with van der Waals surface area (Å²) >= 11 is 0. The number of fused-ring (bicyclic) bond motifs is 1. The summed E-state index contributed by atoms with van der Waals surface area (Å²) in [7, 11) is 0. The molecule has 1 atom stereocenters. The van der Waals surface area contributed by atoms with Crippen molar-refractivity contribution in [3.05, 3.63) is 23.8 Å². The Kier molecular flexibility index (Phi) is 3.19. The molecule has 0 saturated carbocycles. The number of amides is 1. The maximum absolute atomic E-state index is 11.3. The number of anilines is 1. The van der Waals surface area contributed by atoms with E-state index in [4.69, 9.17) is 4.74 Å². The number of hydrogen-bond donors (Lipinski definition) is 2. The lowest BCUT2D eigenvalue weighted by atomic mass is 9.96. The van der Waals surface area contributed by atoms with Gasteiger partial charge >= 0.3 is 0 Å². The van der Waals surface area contributed by atoms with Crippen molar-refractivity contribution in [1.82, 2.24) is 5.32 Å². The van der Waals surface area contributed by atoms with Gasteiger partial charge in [-0.1, -0.05) is 18.6 Å². The summed E-state index contributed by atoms with van der Waals surface area (Å²) in [6, 6.07) is 6.49. The molecule has 1 aromatic carbocycles. The van der Waals surface area contributed by atoms with E-state index in [0.29, 0.717) is 6.04 Å². The van der Waals surface area contributed by atoms with E-state index in [1.807, 2.05) is 12.1 Å². The lowest BCUT2D eigenvalue weighted by Gasteiger charge is -2.26. The number of piperidine rings is 1. The van der Waals surface area contributed by atoms with Gasteiger partial charge in [0.2, 0.25) is 0 Å². The van der Waals surface area contributed by atoms with Crippen LogP contribution >= 0.6 is 0 Å². The molecule has 3 rings (SSSR count). The monoisotopic (exact) mass is 246 g/mol. The van der Waals surface area contributed by atoms with Crippen LogP contribution in [0.5, 0.6) is 5.75 Å². The fraction of sp³-hybridized carbons (Fsp3) is 0.500. The van der Waals surface area contributed by atoms with E-state index < -0.39 is 0 Å². The first-order valence-corrected chi connectivity index (χ1v) is 6.61. The van der Waals surface area contributed by atoms with E-state index in [0.717, 1.165) is 24.4 Å². The fourth-order valence-corrected chi connectivity index (χ4v) is 2.70. The minimum Gasteiger partial charge on any atom is -0.481 e. The van der Waals surface area contributed by atoms with Crippen LogP contribution in [-0.2, 0) is 11.2 Å². The Morgan fingerprint density at radius 3 is 3.11 bits per heavy atom. The van der Waals surface area contributed by atoms with Gasteiger partial charge in [-0.05, 0) is 37.4 Å². The highest BCUT2D eigenvalue weighted by atomic mass is 16.5. The van der Waals surface area contributed by atoms with Crippen LogP contribution in [-0.4, -0.2) is 25.1 Å². The van der Waals surface area contributed by atoms with Gasteiger partial charge in [0, 0.05) is 6.04 Å². The number of benzene rings is 1. The van der Waals surface area contributed by atoms with Crippen LogP contribution in [0, 0.1) is 0 Å². The van der Waals surface area contributed by atoms with Gasteiger partial charge in [0.15, 0.2) is 6.61 Å². The van der Waals surface area contributed by atoms with Crippen LogP contribution in [0.2, 0.25) is 0 Å². The Hall–Kier alpha value is -1.55. The lowest BCUT2D eigenvalue weighted by Crippen LogP contribution is -2.36. The average Bonchev–Trinajstić information content (AvgIpc) is 2.40. The molecule has 18 heavy (non-hydrogen) atoms. The van der Waals surface area contributed by atoms with Gasteiger partial charge in [-0.25, -0.2) is 0 Å². The molecule has 0 bridgehead atoms. The maximum Gasteiger partial charge on any atom is 0.262 e. The van der Waals surface area contributed by atoms with Gasteiger partial charge in [-0.3, -0.25) is 4.79 Å². The van der Waals surface area contributed by atoms with Gasteiger partial charge in [-0.2, -0.15) is 0 Å². The van der Waals surface area contributed by atoms with E-state index in [2.05, 4.69) is 16.7 Å². The third-order valence-corrected chi connectivity index (χ3v) is 3.60. The molecule has 2 aliphatic rings. The van der Waals surface area contributed by atoms with E-state index in [1.54, 1.807) is 0 Å². The SMILES string of the molecule is O=C1COc2c(CC3CCCCN3)cccc2N1. The summed E-state index contributed by atoms with van der Waals surface area (Å²) in [5, 5.41) is 6.39. The van der Waals surface area contributed by atoms with Crippen LogP contribution in [0.25, 0.3) is 0 Å². The fourth-order valence-electron chi connectivity index (χ4n) is 2.70. The molecule has 1 unspecified atom stereocenters. The zero-order chi connectivity index (χ0) is 12.4. The Morgan fingerprint density at radius 1 is 1.33 bits per heavy atom. The summed E-state index contributed by atoms with van der Waals surface area (Å²) in [5.41, 5.74) is 1.99. The Morgan fingerprint density at radius 2 is 2.28 bits per heavy atom. The molecule has 0 aromatic heterocycles. The largest absolute Gasteiger partial charge is 0.481 e. The van der Waals surface area contributed by atoms with Crippen molar-refractivity contribution in [2.24, 2.45) is 0 Å². The Balaban J connectivity index is 1.79. The highest BCUT2D eigenvalue weighted by molar-refractivity contribution is 5.95. The van der Waals surface area contributed by atoms with Crippen molar-refractivity contribution in [2.45, 2.75) is 31.7 Å². The minimum absolute atomic E-state index is 0.0737. The second-order valence-electron chi connectivity index (χ2n) is 4.98. The first kappa shape index (κ1) is 11.5. The highest BCUT2D eigenvalue weighted by Crippen LogP contribution is 2.32. The molecule has 1 aromatic rings. The molecule has 1 amide bonds. The third kappa shape index (κ3) is 2.34. The summed E-state index contributed by atoms with van der Waals surface area (Å²) in [6.07, 6.45) is 4.76. The molecule has 4 heteroatoms. The first-order chi connectivity index (χ1) is 8.83. The summed E-state index contributed by atoms with van der Waals surface area (Å²) in [4.78, 5) is 11.3. The molecule has 2 N–H and O–H groups in total. The lowest BCUT2D eigenvalue weighted by molar-refractivity contribution is -0.118. The molecule has 2 heterocycles. The van der Waals surface area contributed by atoms with Gasteiger partial charge in [-0.15, -0.1) is 0 Å². The first-order valence-electron chi connectivity index (χ1n) is 6.61. The summed E-state index contributed by atoms with van der Waals surface area (Å²) < 4.78 is 5.57. The third-order valence-electron chi connectivity index (χ3n) is 3.60. The van der Waals surface area contributed by atoms with Gasteiger partial charge in [0.1, 0.15) is 5.75 Å². The van der Waals surface area contributed by atoms with E-state index >= 15 is 0 Å². The van der Waals surface area contributed by atoms with E-state index in [-0.39, 0.29) is 12.5 Å². The van der Waals surface area contributed by atoms with Crippen molar-refractivity contribution >= 4 is 11.6 Å². The van der Waals surface area contributed by atoms with E-state index in [9.17, 15) is 4.79 Å². The molecule has 0 spiro atoms. The molecular weight excluding hydrogens is 228 g/mol. The van der Waals surface area contributed by atoms with Crippen LogP contribution in [0.4, 0.5) is 5.69 Å². The molecule has 4 nitrogen and oxygen atoms in total. The van der Waals surface area contributed by atoms with Crippen molar-refractivity contribution < 1.29 is 9.53 Å². The number of ether oxygens (including phenoxy) is 1. The standard InChI is InChI=1S/C14H18N2O2/c17-13-9-18-14-10(4-3-6-12(14)16-13)8-11-5-1-2-7-15-11/h3-4,6,11,15H,1-2,5,7-9H2,(H,16,17). The smallest absolute Gasteiger partial charge is 0.262 e. The number of carbonyl (C=O) groups excluding carboxylic acids is 1.